The number of primary amides is 1. The summed E-state index contributed by atoms with van der Waals surface area (Å²) in [6.45, 7) is 0.707. The molecule has 0 spiro atoms. The molecule has 0 fully saturated rings. The predicted molar refractivity (Wildman–Crippen MR) is 77.1 cm³/mol. The molecule has 0 unspecified atom stereocenters. The Bertz CT molecular complexity index is 660. The third kappa shape index (κ3) is 4.25. The van der Waals surface area contributed by atoms with E-state index in [2.05, 4.69) is 0 Å². The van der Waals surface area contributed by atoms with Crippen molar-refractivity contribution in [2.24, 2.45) is 5.73 Å². The van der Waals surface area contributed by atoms with Gasteiger partial charge in [0.25, 0.3) is 0 Å². The predicted octanol–water partition coefficient (Wildman–Crippen LogP) is 2.11. The van der Waals surface area contributed by atoms with Gasteiger partial charge in [0.1, 0.15) is 24.7 Å². The Hall–Kier alpha value is -3.00. The molecule has 0 aliphatic carbocycles. The number of hydrogen-bond donors (Lipinski definition) is 1. The van der Waals surface area contributed by atoms with Gasteiger partial charge in [-0.3, -0.25) is 4.79 Å². The zero-order chi connectivity index (χ0) is 15.1. The van der Waals surface area contributed by atoms with E-state index in [1.165, 1.54) is 0 Å². The van der Waals surface area contributed by atoms with Gasteiger partial charge in [0.05, 0.1) is 11.6 Å². The molecule has 0 aromatic heterocycles. The van der Waals surface area contributed by atoms with Gasteiger partial charge in [-0.15, -0.1) is 0 Å². The minimum absolute atomic E-state index is 0.354. The maximum atomic E-state index is 10.9. The zero-order valence-electron chi connectivity index (χ0n) is 11.3. The second-order valence-electron chi connectivity index (χ2n) is 4.23. The van der Waals surface area contributed by atoms with Crippen LogP contribution in [0.25, 0.3) is 0 Å². The Morgan fingerprint density at radius 3 is 2.33 bits per heavy atom. The van der Waals surface area contributed by atoms with Crippen molar-refractivity contribution in [1.29, 1.82) is 5.26 Å². The number of benzene rings is 2. The second kappa shape index (κ2) is 6.96. The Kier molecular flexibility index (Phi) is 4.78. The Labute approximate surface area is 122 Å². The van der Waals surface area contributed by atoms with Crippen LogP contribution in [0.15, 0.2) is 48.5 Å². The van der Waals surface area contributed by atoms with Crippen LogP contribution in [0, 0.1) is 11.3 Å². The number of rotatable bonds is 6. The maximum Gasteiger partial charge on any atom is 0.248 e. The third-order valence-electron chi connectivity index (χ3n) is 2.72. The first kappa shape index (κ1) is 14.4. The highest BCUT2D eigenvalue weighted by molar-refractivity contribution is 5.92. The molecule has 0 bridgehead atoms. The summed E-state index contributed by atoms with van der Waals surface area (Å²) in [5.74, 6) is 0.790. The van der Waals surface area contributed by atoms with Crippen LogP contribution in [0.5, 0.6) is 11.5 Å². The Balaban J connectivity index is 1.79. The van der Waals surface area contributed by atoms with Gasteiger partial charge in [0.15, 0.2) is 0 Å². The van der Waals surface area contributed by atoms with Crippen LogP contribution < -0.4 is 15.2 Å². The van der Waals surface area contributed by atoms with Gasteiger partial charge in [0, 0.05) is 5.56 Å². The molecule has 2 N–H and O–H groups in total. The number of hydrogen-bond acceptors (Lipinski definition) is 4. The topological polar surface area (TPSA) is 85.3 Å². The molecular weight excluding hydrogens is 268 g/mol. The van der Waals surface area contributed by atoms with Crippen LogP contribution >= 0.6 is 0 Å². The highest BCUT2D eigenvalue weighted by Gasteiger charge is 2.01. The average molecular weight is 282 g/mol. The lowest BCUT2D eigenvalue weighted by Crippen LogP contribution is -2.11. The van der Waals surface area contributed by atoms with E-state index in [1.807, 2.05) is 6.07 Å². The van der Waals surface area contributed by atoms with E-state index >= 15 is 0 Å². The summed E-state index contributed by atoms with van der Waals surface area (Å²) in [6, 6.07) is 15.5. The molecule has 1 amide bonds. The minimum atomic E-state index is -0.470. The lowest BCUT2D eigenvalue weighted by Gasteiger charge is -2.08. The number of ether oxygens (including phenoxy) is 2. The summed E-state index contributed by atoms with van der Waals surface area (Å²) < 4.78 is 11.0. The SMILES string of the molecule is N#Cc1cccc(OCCOc2ccc(C(N)=O)cc2)c1. The van der Waals surface area contributed by atoms with Crippen molar-refractivity contribution in [1.82, 2.24) is 0 Å². The van der Waals surface area contributed by atoms with Gasteiger partial charge in [-0.05, 0) is 42.5 Å². The first-order chi connectivity index (χ1) is 10.2. The lowest BCUT2D eigenvalue weighted by molar-refractivity contribution is 0.1000. The standard InChI is InChI=1S/C16H14N2O3/c17-11-12-2-1-3-15(10-12)21-9-8-20-14-6-4-13(5-7-14)16(18)19/h1-7,10H,8-9H2,(H2,18,19). The van der Waals surface area contributed by atoms with Gasteiger partial charge < -0.3 is 15.2 Å². The molecule has 0 saturated heterocycles. The molecule has 0 saturated carbocycles. The number of nitrogens with zero attached hydrogens (tertiary/aromatic N) is 1. The van der Waals surface area contributed by atoms with Gasteiger partial charge in [0.2, 0.25) is 5.91 Å². The largest absolute Gasteiger partial charge is 0.490 e. The van der Waals surface area contributed by atoms with Gasteiger partial charge >= 0.3 is 0 Å². The number of carbonyl (C=O) groups is 1. The molecule has 106 valence electrons. The summed E-state index contributed by atoms with van der Waals surface area (Å²) in [5.41, 5.74) is 6.14. The van der Waals surface area contributed by atoms with E-state index in [-0.39, 0.29) is 0 Å². The van der Waals surface area contributed by atoms with Crippen LogP contribution in [0.1, 0.15) is 15.9 Å². The smallest absolute Gasteiger partial charge is 0.248 e. The minimum Gasteiger partial charge on any atom is -0.490 e. The van der Waals surface area contributed by atoms with Gasteiger partial charge in [-0.1, -0.05) is 6.07 Å². The molecule has 0 heterocycles. The summed E-state index contributed by atoms with van der Waals surface area (Å²) in [7, 11) is 0. The molecule has 0 radical (unpaired) electrons. The summed E-state index contributed by atoms with van der Waals surface area (Å²) in [4.78, 5) is 10.9. The van der Waals surface area contributed by atoms with Crippen molar-refractivity contribution in [3.63, 3.8) is 0 Å². The molecule has 0 aliphatic heterocycles. The number of carbonyl (C=O) groups excluding carboxylic acids is 1. The van der Waals surface area contributed by atoms with Crippen LogP contribution in [0.4, 0.5) is 0 Å². The molecule has 5 nitrogen and oxygen atoms in total. The number of amides is 1. The van der Waals surface area contributed by atoms with Crippen molar-refractivity contribution >= 4 is 5.91 Å². The molecule has 21 heavy (non-hydrogen) atoms. The van der Waals surface area contributed by atoms with Gasteiger partial charge in [-0.2, -0.15) is 5.26 Å². The number of nitrogens with two attached hydrogens (primary N) is 1. The van der Waals surface area contributed by atoms with E-state index in [9.17, 15) is 4.79 Å². The number of nitriles is 1. The first-order valence-electron chi connectivity index (χ1n) is 6.34. The molecular formula is C16H14N2O3. The highest BCUT2D eigenvalue weighted by atomic mass is 16.5. The molecule has 0 atom stereocenters. The zero-order valence-corrected chi connectivity index (χ0v) is 11.3. The van der Waals surface area contributed by atoms with Crippen LogP contribution in [-0.2, 0) is 0 Å². The van der Waals surface area contributed by atoms with Crippen LogP contribution in [0.3, 0.4) is 0 Å². The van der Waals surface area contributed by atoms with Crippen LogP contribution in [0.2, 0.25) is 0 Å². The van der Waals surface area contributed by atoms with Crippen molar-refractivity contribution in [2.75, 3.05) is 13.2 Å². The molecule has 5 heteroatoms. The van der Waals surface area contributed by atoms with E-state index in [4.69, 9.17) is 20.5 Å². The van der Waals surface area contributed by atoms with Gasteiger partial charge in [-0.25, -0.2) is 0 Å². The van der Waals surface area contributed by atoms with Crippen molar-refractivity contribution < 1.29 is 14.3 Å². The average Bonchev–Trinajstić information content (AvgIpc) is 2.52. The quantitative estimate of drug-likeness (QED) is 0.822. The normalized spacial score (nSPS) is 9.67. The monoisotopic (exact) mass is 282 g/mol. The second-order valence-corrected chi connectivity index (χ2v) is 4.23. The molecule has 2 aromatic carbocycles. The van der Waals surface area contributed by atoms with Crippen molar-refractivity contribution in [2.45, 2.75) is 0 Å². The van der Waals surface area contributed by atoms with E-state index in [0.717, 1.165) is 0 Å². The summed E-state index contributed by atoms with van der Waals surface area (Å²) in [6.07, 6.45) is 0. The Morgan fingerprint density at radius 1 is 1.05 bits per heavy atom. The fourth-order valence-corrected chi connectivity index (χ4v) is 1.69. The first-order valence-corrected chi connectivity index (χ1v) is 6.34. The third-order valence-corrected chi connectivity index (χ3v) is 2.72. The highest BCUT2D eigenvalue weighted by Crippen LogP contribution is 2.14. The van der Waals surface area contributed by atoms with E-state index in [0.29, 0.717) is 35.8 Å². The fraction of sp³-hybridized carbons (Fsp3) is 0.125. The van der Waals surface area contributed by atoms with Crippen molar-refractivity contribution in [3.05, 3.63) is 59.7 Å². The van der Waals surface area contributed by atoms with E-state index in [1.54, 1.807) is 48.5 Å². The Morgan fingerprint density at radius 2 is 1.71 bits per heavy atom. The molecule has 2 rings (SSSR count). The summed E-state index contributed by atoms with van der Waals surface area (Å²) in [5, 5.41) is 8.78. The summed E-state index contributed by atoms with van der Waals surface area (Å²) >= 11 is 0. The van der Waals surface area contributed by atoms with Crippen LogP contribution in [-0.4, -0.2) is 19.1 Å². The molecule has 0 aliphatic rings. The maximum absolute atomic E-state index is 10.9. The van der Waals surface area contributed by atoms with Crippen molar-refractivity contribution in [3.8, 4) is 17.6 Å². The molecule has 2 aromatic rings. The van der Waals surface area contributed by atoms with E-state index < -0.39 is 5.91 Å². The lowest BCUT2D eigenvalue weighted by atomic mass is 10.2. The fourth-order valence-electron chi connectivity index (χ4n) is 1.69.